The molecule has 94 valence electrons. The summed E-state index contributed by atoms with van der Waals surface area (Å²) in [5.41, 5.74) is 1.58. The van der Waals surface area contributed by atoms with Crippen LogP contribution in [0.1, 0.15) is 18.5 Å². The molecule has 1 aliphatic rings. The SMILES string of the molecule is O=C(NCCc1cn2cc(F)ccc2n1)C1CC1. The number of nitrogens with one attached hydrogen (secondary N) is 1. The smallest absolute Gasteiger partial charge is 0.223 e. The molecule has 1 amide bonds. The summed E-state index contributed by atoms with van der Waals surface area (Å²) >= 11 is 0. The molecule has 1 saturated carbocycles. The van der Waals surface area contributed by atoms with Crippen LogP contribution < -0.4 is 5.32 Å². The average molecular weight is 247 g/mol. The number of amides is 1. The number of hydrogen-bond acceptors (Lipinski definition) is 2. The third-order valence-electron chi connectivity index (χ3n) is 3.09. The summed E-state index contributed by atoms with van der Waals surface area (Å²) in [6, 6.07) is 3.03. The molecule has 0 radical (unpaired) electrons. The fourth-order valence-electron chi connectivity index (χ4n) is 1.94. The van der Waals surface area contributed by atoms with Crippen molar-refractivity contribution in [3.63, 3.8) is 0 Å². The molecule has 1 N–H and O–H groups in total. The lowest BCUT2D eigenvalue weighted by atomic mass is 10.3. The lowest BCUT2D eigenvalue weighted by Gasteiger charge is -2.01. The molecule has 0 spiro atoms. The minimum atomic E-state index is -0.284. The third-order valence-corrected chi connectivity index (χ3v) is 3.09. The van der Waals surface area contributed by atoms with E-state index in [2.05, 4.69) is 10.3 Å². The number of carbonyl (C=O) groups excluding carboxylic acids is 1. The van der Waals surface area contributed by atoms with Crippen molar-refractivity contribution in [2.45, 2.75) is 19.3 Å². The Balaban J connectivity index is 1.61. The van der Waals surface area contributed by atoms with Gasteiger partial charge in [-0.1, -0.05) is 0 Å². The summed E-state index contributed by atoms with van der Waals surface area (Å²) in [5, 5.41) is 2.89. The molecule has 1 aliphatic carbocycles. The summed E-state index contributed by atoms with van der Waals surface area (Å²) in [6.45, 7) is 0.585. The second kappa shape index (κ2) is 4.40. The first-order valence-corrected chi connectivity index (χ1v) is 6.13. The van der Waals surface area contributed by atoms with Crippen LogP contribution in [0.4, 0.5) is 4.39 Å². The zero-order valence-corrected chi connectivity index (χ0v) is 9.90. The lowest BCUT2D eigenvalue weighted by Crippen LogP contribution is -2.26. The first-order valence-electron chi connectivity index (χ1n) is 6.13. The third kappa shape index (κ3) is 2.34. The van der Waals surface area contributed by atoms with Gasteiger partial charge >= 0.3 is 0 Å². The number of pyridine rings is 1. The number of aromatic nitrogens is 2. The minimum Gasteiger partial charge on any atom is -0.355 e. The molecule has 4 nitrogen and oxygen atoms in total. The summed E-state index contributed by atoms with van der Waals surface area (Å²) in [4.78, 5) is 15.8. The van der Waals surface area contributed by atoms with Crippen LogP contribution in [0.2, 0.25) is 0 Å². The number of halogens is 1. The fraction of sp³-hybridized carbons (Fsp3) is 0.385. The maximum Gasteiger partial charge on any atom is 0.223 e. The van der Waals surface area contributed by atoms with Crippen LogP contribution in [0.25, 0.3) is 5.65 Å². The summed E-state index contributed by atoms with van der Waals surface area (Å²) in [5.74, 6) is 0.0958. The van der Waals surface area contributed by atoms with E-state index >= 15 is 0 Å². The van der Waals surface area contributed by atoms with Crippen molar-refractivity contribution in [2.75, 3.05) is 6.54 Å². The van der Waals surface area contributed by atoms with Crippen molar-refractivity contribution in [1.29, 1.82) is 0 Å². The predicted octanol–water partition coefficient (Wildman–Crippen LogP) is 1.54. The first-order chi connectivity index (χ1) is 8.72. The van der Waals surface area contributed by atoms with Gasteiger partial charge in [0, 0.05) is 31.3 Å². The highest BCUT2D eigenvalue weighted by Gasteiger charge is 2.28. The quantitative estimate of drug-likeness (QED) is 0.890. The minimum absolute atomic E-state index is 0.143. The molecule has 5 heteroatoms. The van der Waals surface area contributed by atoms with Crippen molar-refractivity contribution < 1.29 is 9.18 Å². The van der Waals surface area contributed by atoms with Crippen molar-refractivity contribution in [3.8, 4) is 0 Å². The number of rotatable bonds is 4. The Bertz CT molecular complexity index is 589. The van der Waals surface area contributed by atoms with Crippen LogP contribution in [0.15, 0.2) is 24.5 Å². The van der Waals surface area contributed by atoms with Crippen LogP contribution in [-0.2, 0) is 11.2 Å². The van der Waals surface area contributed by atoms with E-state index in [0.29, 0.717) is 13.0 Å². The van der Waals surface area contributed by atoms with Gasteiger partial charge in [-0.05, 0) is 25.0 Å². The second-order valence-corrected chi connectivity index (χ2v) is 4.66. The van der Waals surface area contributed by atoms with E-state index < -0.39 is 0 Å². The van der Waals surface area contributed by atoms with Crippen LogP contribution in [0, 0.1) is 11.7 Å². The molecular weight excluding hydrogens is 233 g/mol. The molecule has 0 bridgehead atoms. The molecule has 2 aromatic rings. The Morgan fingerprint density at radius 1 is 1.44 bits per heavy atom. The molecule has 1 fully saturated rings. The fourth-order valence-corrected chi connectivity index (χ4v) is 1.94. The van der Waals surface area contributed by atoms with Crippen LogP contribution >= 0.6 is 0 Å². The Labute approximate surface area is 104 Å². The standard InChI is InChI=1S/C13H14FN3O/c14-10-3-4-12-16-11(8-17(12)7-10)5-6-15-13(18)9-1-2-9/h3-4,7-9H,1-2,5-6H2,(H,15,18). The summed E-state index contributed by atoms with van der Waals surface area (Å²) < 4.78 is 14.7. The van der Waals surface area contributed by atoms with E-state index in [1.807, 2.05) is 0 Å². The highest BCUT2D eigenvalue weighted by atomic mass is 19.1. The Kier molecular flexibility index (Phi) is 2.74. The number of imidazole rings is 1. The molecule has 0 atom stereocenters. The monoisotopic (exact) mass is 247 g/mol. The molecule has 18 heavy (non-hydrogen) atoms. The summed E-state index contributed by atoms with van der Waals surface area (Å²) in [7, 11) is 0. The normalized spacial score (nSPS) is 14.9. The van der Waals surface area contributed by atoms with Gasteiger partial charge in [-0.2, -0.15) is 0 Å². The lowest BCUT2D eigenvalue weighted by molar-refractivity contribution is -0.122. The van der Waals surface area contributed by atoms with Crippen molar-refractivity contribution in [3.05, 3.63) is 36.0 Å². The maximum atomic E-state index is 13.0. The molecule has 0 saturated heterocycles. The highest BCUT2D eigenvalue weighted by molar-refractivity contribution is 5.80. The number of carbonyl (C=O) groups is 1. The van der Waals surface area contributed by atoms with Crippen molar-refractivity contribution in [2.24, 2.45) is 5.92 Å². The van der Waals surface area contributed by atoms with Gasteiger partial charge < -0.3 is 9.72 Å². The van der Waals surface area contributed by atoms with E-state index in [0.717, 1.165) is 24.2 Å². The van der Waals surface area contributed by atoms with E-state index in [1.54, 1.807) is 16.7 Å². The maximum absolute atomic E-state index is 13.0. The number of nitrogens with zero attached hydrogens (tertiary/aromatic N) is 2. The van der Waals surface area contributed by atoms with Gasteiger partial charge in [0.25, 0.3) is 0 Å². The van der Waals surface area contributed by atoms with E-state index in [4.69, 9.17) is 0 Å². The van der Waals surface area contributed by atoms with Gasteiger partial charge in [0.05, 0.1) is 5.69 Å². The van der Waals surface area contributed by atoms with Gasteiger partial charge in [0.2, 0.25) is 5.91 Å². The van der Waals surface area contributed by atoms with Gasteiger partial charge in [0.15, 0.2) is 0 Å². The summed E-state index contributed by atoms with van der Waals surface area (Å²) in [6.07, 6.45) is 5.89. The van der Waals surface area contributed by atoms with Crippen LogP contribution in [0.5, 0.6) is 0 Å². The largest absolute Gasteiger partial charge is 0.355 e. The Hall–Kier alpha value is -1.91. The second-order valence-electron chi connectivity index (χ2n) is 4.66. The first kappa shape index (κ1) is 11.2. The van der Waals surface area contributed by atoms with Gasteiger partial charge in [-0.15, -0.1) is 0 Å². The Morgan fingerprint density at radius 2 is 2.28 bits per heavy atom. The molecule has 3 rings (SSSR count). The van der Waals surface area contributed by atoms with Crippen molar-refractivity contribution in [1.82, 2.24) is 14.7 Å². The molecule has 0 aromatic carbocycles. The Morgan fingerprint density at radius 3 is 3.06 bits per heavy atom. The molecule has 0 aliphatic heterocycles. The van der Waals surface area contributed by atoms with Gasteiger partial charge in [-0.25, -0.2) is 9.37 Å². The average Bonchev–Trinajstić information content (AvgIpc) is 3.11. The van der Waals surface area contributed by atoms with Crippen molar-refractivity contribution >= 4 is 11.6 Å². The molecular formula is C13H14FN3O. The molecule has 2 aromatic heterocycles. The van der Waals surface area contributed by atoms with E-state index in [1.165, 1.54) is 12.3 Å². The van der Waals surface area contributed by atoms with Crippen LogP contribution in [0.3, 0.4) is 0 Å². The van der Waals surface area contributed by atoms with E-state index in [9.17, 15) is 9.18 Å². The highest BCUT2D eigenvalue weighted by Crippen LogP contribution is 2.28. The van der Waals surface area contributed by atoms with Gasteiger partial charge in [-0.3, -0.25) is 4.79 Å². The predicted molar refractivity (Wildman–Crippen MR) is 64.6 cm³/mol. The molecule has 0 unspecified atom stereocenters. The van der Waals surface area contributed by atoms with Crippen LogP contribution in [-0.4, -0.2) is 21.8 Å². The van der Waals surface area contributed by atoms with Gasteiger partial charge in [0.1, 0.15) is 11.5 Å². The number of hydrogen-bond donors (Lipinski definition) is 1. The zero-order valence-electron chi connectivity index (χ0n) is 9.90. The molecule has 2 heterocycles. The number of fused-ring (bicyclic) bond motifs is 1. The van der Waals surface area contributed by atoms with E-state index in [-0.39, 0.29) is 17.6 Å². The zero-order chi connectivity index (χ0) is 12.5. The topological polar surface area (TPSA) is 46.4 Å².